The monoisotopic (exact) mass is 274 g/mol. The quantitative estimate of drug-likeness (QED) is 0.864. The van der Waals surface area contributed by atoms with E-state index in [1.54, 1.807) is 18.2 Å². The maximum absolute atomic E-state index is 11.7. The fourth-order valence-corrected chi connectivity index (χ4v) is 1.86. The topological polar surface area (TPSA) is 55.1 Å². The van der Waals surface area contributed by atoms with Gasteiger partial charge >= 0.3 is 0 Å². The summed E-state index contributed by atoms with van der Waals surface area (Å²) in [5.74, 6) is -0.143. The molecular formula is C12H16Cl2N2O. The molecule has 0 saturated carbocycles. The summed E-state index contributed by atoms with van der Waals surface area (Å²) in [6, 6.07) is 4.99. The molecule has 0 radical (unpaired) electrons. The second-order valence-corrected chi connectivity index (χ2v) is 4.69. The lowest BCUT2D eigenvalue weighted by Gasteiger charge is -2.11. The summed E-state index contributed by atoms with van der Waals surface area (Å²) in [7, 11) is 0. The molecule has 0 aliphatic carbocycles. The number of benzene rings is 1. The molecule has 1 aromatic carbocycles. The van der Waals surface area contributed by atoms with Gasteiger partial charge in [-0.15, -0.1) is 0 Å². The maximum atomic E-state index is 11.7. The average molecular weight is 275 g/mol. The van der Waals surface area contributed by atoms with E-state index >= 15 is 0 Å². The number of halogens is 2. The Bertz CT molecular complexity index is 396. The molecule has 0 saturated heterocycles. The first kappa shape index (κ1) is 14.3. The molecule has 0 fully saturated rings. The Balaban J connectivity index is 2.59. The van der Waals surface area contributed by atoms with Crippen molar-refractivity contribution in [2.24, 2.45) is 5.73 Å². The molecule has 0 bridgehead atoms. The highest BCUT2D eigenvalue weighted by Crippen LogP contribution is 2.29. The van der Waals surface area contributed by atoms with Gasteiger partial charge in [0.1, 0.15) is 0 Å². The summed E-state index contributed by atoms with van der Waals surface area (Å²) in [5.41, 5.74) is 6.31. The maximum Gasteiger partial charge on any atom is 0.225 e. The number of anilines is 1. The van der Waals surface area contributed by atoms with Crippen LogP contribution in [0.25, 0.3) is 0 Å². The van der Waals surface area contributed by atoms with Crippen LogP contribution in [0.5, 0.6) is 0 Å². The number of hydrogen-bond donors (Lipinski definition) is 2. The molecule has 3 N–H and O–H groups in total. The lowest BCUT2D eigenvalue weighted by molar-refractivity contribution is -0.116. The van der Waals surface area contributed by atoms with Crippen molar-refractivity contribution in [2.75, 3.05) is 5.32 Å². The number of carbonyl (C=O) groups is 1. The fraction of sp³-hybridized carbons (Fsp3) is 0.417. The van der Waals surface area contributed by atoms with Crippen LogP contribution in [0.15, 0.2) is 18.2 Å². The van der Waals surface area contributed by atoms with Crippen molar-refractivity contribution in [2.45, 2.75) is 32.2 Å². The van der Waals surface area contributed by atoms with Crippen LogP contribution in [0.4, 0.5) is 5.69 Å². The Morgan fingerprint density at radius 1 is 1.47 bits per heavy atom. The van der Waals surface area contributed by atoms with E-state index < -0.39 is 0 Å². The van der Waals surface area contributed by atoms with E-state index in [2.05, 4.69) is 5.32 Å². The van der Waals surface area contributed by atoms with Gasteiger partial charge in [0, 0.05) is 12.5 Å². The predicted molar refractivity (Wildman–Crippen MR) is 72.6 cm³/mol. The zero-order chi connectivity index (χ0) is 12.8. The molecule has 0 aromatic heterocycles. The molecule has 1 rings (SSSR count). The molecule has 17 heavy (non-hydrogen) atoms. The van der Waals surface area contributed by atoms with E-state index in [9.17, 15) is 4.79 Å². The van der Waals surface area contributed by atoms with Gasteiger partial charge in [-0.3, -0.25) is 4.79 Å². The Hall–Kier alpha value is -0.770. The highest BCUT2D eigenvalue weighted by Gasteiger charge is 2.11. The van der Waals surface area contributed by atoms with Crippen LogP contribution in [0.2, 0.25) is 10.0 Å². The molecule has 0 heterocycles. The van der Waals surface area contributed by atoms with Gasteiger partial charge in [0.15, 0.2) is 0 Å². The zero-order valence-electron chi connectivity index (χ0n) is 9.67. The molecule has 1 atom stereocenters. The van der Waals surface area contributed by atoms with Crippen LogP contribution in [0, 0.1) is 0 Å². The fourth-order valence-electron chi connectivity index (χ4n) is 1.51. The summed E-state index contributed by atoms with van der Waals surface area (Å²) in [4.78, 5) is 11.7. The van der Waals surface area contributed by atoms with E-state index in [-0.39, 0.29) is 18.4 Å². The molecule has 1 unspecified atom stereocenters. The minimum Gasteiger partial charge on any atom is -0.327 e. The second-order valence-electron chi connectivity index (χ2n) is 3.90. The van der Waals surface area contributed by atoms with Crippen molar-refractivity contribution in [1.29, 1.82) is 0 Å². The van der Waals surface area contributed by atoms with Gasteiger partial charge in [0.2, 0.25) is 5.91 Å². The number of carbonyl (C=O) groups excluding carboxylic acids is 1. The van der Waals surface area contributed by atoms with Crippen molar-refractivity contribution < 1.29 is 4.79 Å². The van der Waals surface area contributed by atoms with E-state index in [0.717, 1.165) is 12.8 Å². The van der Waals surface area contributed by atoms with Crippen LogP contribution < -0.4 is 11.1 Å². The first-order chi connectivity index (χ1) is 8.04. The van der Waals surface area contributed by atoms with E-state index in [0.29, 0.717) is 15.7 Å². The van der Waals surface area contributed by atoms with Gasteiger partial charge in [0.05, 0.1) is 15.7 Å². The van der Waals surface area contributed by atoms with Crippen molar-refractivity contribution >= 4 is 34.8 Å². The number of nitrogens with two attached hydrogens (primary N) is 1. The summed E-state index contributed by atoms with van der Waals surface area (Å²) < 4.78 is 0. The smallest absolute Gasteiger partial charge is 0.225 e. The van der Waals surface area contributed by atoms with Gasteiger partial charge in [-0.2, -0.15) is 0 Å². The van der Waals surface area contributed by atoms with Gasteiger partial charge in [-0.25, -0.2) is 0 Å². The number of hydrogen-bond acceptors (Lipinski definition) is 2. The Kier molecular flexibility index (Phi) is 5.75. The molecule has 0 aliphatic rings. The van der Waals surface area contributed by atoms with Gasteiger partial charge < -0.3 is 11.1 Å². The third kappa shape index (κ3) is 4.54. The van der Waals surface area contributed by atoms with Crippen LogP contribution in [-0.2, 0) is 4.79 Å². The highest BCUT2D eigenvalue weighted by molar-refractivity contribution is 6.43. The SMILES string of the molecule is CCCC(N)CC(=O)Nc1cccc(Cl)c1Cl. The second kappa shape index (κ2) is 6.84. The average Bonchev–Trinajstić information content (AvgIpc) is 2.25. The third-order valence-electron chi connectivity index (χ3n) is 2.33. The lowest BCUT2D eigenvalue weighted by atomic mass is 10.1. The minimum absolute atomic E-state index is 0.113. The minimum atomic E-state index is -0.143. The van der Waals surface area contributed by atoms with Crippen molar-refractivity contribution in [1.82, 2.24) is 0 Å². The Labute approximate surface area is 111 Å². The summed E-state index contributed by atoms with van der Waals surface area (Å²) in [6.07, 6.45) is 2.08. The van der Waals surface area contributed by atoms with E-state index in [1.807, 2.05) is 6.92 Å². The molecule has 0 spiro atoms. The molecule has 1 aromatic rings. The molecule has 0 aliphatic heterocycles. The largest absolute Gasteiger partial charge is 0.327 e. The number of amides is 1. The van der Waals surface area contributed by atoms with Crippen LogP contribution >= 0.6 is 23.2 Å². The normalized spacial score (nSPS) is 12.2. The predicted octanol–water partition coefficient (Wildman–Crippen LogP) is 3.45. The van der Waals surface area contributed by atoms with Gasteiger partial charge in [-0.1, -0.05) is 42.6 Å². The lowest BCUT2D eigenvalue weighted by Crippen LogP contribution is -2.26. The van der Waals surface area contributed by atoms with Crippen molar-refractivity contribution in [3.8, 4) is 0 Å². The first-order valence-electron chi connectivity index (χ1n) is 5.54. The van der Waals surface area contributed by atoms with E-state index in [4.69, 9.17) is 28.9 Å². The van der Waals surface area contributed by atoms with Crippen LogP contribution in [0.3, 0.4) is 0 Å². The Morgan fingerprint density at radius 2 is 2.18 bits per heavy atom. The molecule has 1 amide bonds. The summed E-state index contributed by atoms with van der Waals surface area (Å²) >= 11 is 11.8. The summed E-state index contributed by atoms with van der Waals surface area (Å²) in [5, 5.41) is 3.48. The van der Waals surface area contributed by atoms with Crippen molar-refractivity contribution in [3.63, 3.8) is 0 Å². The number of rotatable bonds is 5. The van der Waals surface area contributed by atoms with Gasteiger partial charge in [-0.05, 0) is 18.6 Å². The Morgan fingerprint density at radius 3 is 2.82 bits per heavy atom. The highest BCUT2D eigenvalue weighted by atomic mass is 35.5. The summed E-state index contributed by atoms with van der Waals surface area (Å²) in [6.45, 7) is 2.03. The van der Waals surface area contributed by atoms with Crippen LogP contribution in [0.1, 0.15) is 26.2 Å². The molecule has 5 heteroatoms. The molecule has 94 valence electrons. The van der Waals surface area contributed by atoms with Crippen molar-refractivity contribution in [3.05, 3.63) is 28.2 Å². The zero-order valence-corrected chi connectivity index (χ0v) is 11.2. The standard InChI is InChI=1S/C12H16Cl2N2O/c1-2-4-8(15)7-11(17)16-10-6-3-5-9(13)12(10)14/h3,5-6,8H,2,4,7,15H2,1H3,(H,16,17). The molecule has 3 nitrogen and oxygen atoms in total. The first-order valence-corrected chi connectivity index (χ1v) is 6.29. The third-order valence-corrected chi connectivity index (χ3v) is 3.15. The van der Waals surface area contributed by atoms with Gasteiger partial charge in [0.25, 0.3) is 0 Å². The number of nitrogens with one attached hydrogen (secondary N) is 1. The van der Waals surface area contributed by atoms with E-state index in [1.165, 1.54) is 0 Å². The molecular weight excluding hydrogens is 259 g/mol. The van der Waals surface area contributed by atoms with Crippen LogP contribution in [-0.4, -0.2) is 11.9 Å².